The van der Waals surface area contributed by atoms with Crippen LogP contribution >= 0.6 is 11.6 Å². The van der Waals surface area contributed by atoms with Gasteiger partial charge in [0.1, 0.15) is 5.82 Å². The predicted molar refractivity (Wildman–Crippen MR) is 85.4 cm³/mol. The Morgan fingerprint density at radius 1 is 1.43 bits per heavy atom. The van der Waals surface area contributed by atoms with Gasteiger partial charge in [-0.05, 0) is 62.8 Å². The van der Waals surface area contributed by atoms with E-state index in [1.807, 2.05) is 6.07 Å². The van der Waals surface area contributed by atoms with E-state index in [4.69, 9.17) is 16.3 Å². The Bertz CT molecular complexity index is 457. The minimum Gasteiger partial charge on any atom is -0.378 e. The Labute approximate surface area is 132 Å². The van der Waals surface area contributed by atoms with Gasteiger partial charge in [0.2, 0.25) is 0 Å². The SMILES string of the molecule is CCCNC(Cc1ccc(Cl)c(F)c1)CC1(OC)CCC1. The van der Waals surface area contributed by atoms with Crippen molar-refractivity contribution in [2.24, 2.45) is 0 Å². The highest BCUT2D eigenvalue weighted by Gasteiger charge is 2.38. The molecule has 1 aliphatic rings. The van der Waals surface area contributed by atoms with Crippen molar-refractivity contribution in [3.05, 3.63) is 34.6 Å². The maximum atomic E-state index is 13.6. The van der Waals surface area contributed by atoms with Crippen molar-refractivity contribution in [3.63, 3.8) is 0 Å². The number of hydrogen-bond acceptors (Lipinski definition) is 2. The van der Waals surface area contributed by atoms with Crippen LogP contribution in [0.2, 0.25) is 5.02 Å². The van der Waals surface area contributed by atoms with Crippen molar-refractivity contribution >= 4 is 11.6 Å². The van der Waals surface area contributed by atoms with E-state index in [9.17, 15) is 4.39 Å². The first kappa shape index (κ1) is 16.7. The lowest BCUT2D eigenvalue weighted by molar-refractivity contribution is -0.0834. The maximum Gasteiger partial charge on any atom is 0.142 e. The van der Waals surface area contributed by atoms with E-state index < -0.39 is 0 Å². The van der Waals surface area contributed by atoms with Crippen molar-refractivity contribution in [2.75, 3.05) is 13.7 Å². The standard InChI is InChI=1S/C17H25ClFNO/c1-3-9-20-14(12-17(21-2)7-4-8-17)10-13-5-6-15(18)16(19)11-13/h5-6,11,14,20H,3-4,7-10,12H2,1-2H3. The molecule has 4 heteroatoms. The van der Waals surface area contributed by atoms with Crippen LogP contribution in [0, 0.1) is 5.82 Å². The van der Waals surface area contributed by atoms with Crippen LogP contribution in [0.1, 0.15) is 44.6 Å². The van der Waals surface area contributed by atoms with Crippen LogP contribution in [0.5, 0.6) is 0 Å². The number of nitrogens with one attached hydrogen (secondary N) is 1. The molecule has 1 saturated carbocycles. The van der Waals surface area contributed by atoms with Gasteiger partial charge in [-0.3, -0.25) is 0 Å². The minimum absolute atomic E-state index is 0.0242. The van der Waals surface area contributed by atoms with E-state index in [2.05, 4.69) is 12.2 Å². The largest absolute Gasteiger partial charge is 0.378 e. The molecule has 1 atom stereocenters. The molecule has 0 aliphatic heterocycles. The minimum atomic E-state index is -0.339. The molecule has 1 aromatic rings. The van der Waals surface area contributed by atoms with E-state index in [1.54, 1.807) is 19.2 Å². The fourth-order valence-corrected chi connectivity index (χ4v) is 3.15. The second kappa shape index (κ2) is 7.57. The van der Waals surface area contributed by atoms with Crippen LogP contribution in [0.3, 0.4) is 0 Å². The summed E-state index contributed by atoms with van der Waals surface area (Å²) >= 11 is 5.75. The van der Waals surface area contributed by atoms with E-state index in [-0.39, 0.29) is 16.4 Å². The molecule has 2 nitrogen and oxygen atoms in total. The molecular weight excluding hydrogens is 289 g/mol. The van der Waals surface area contributed by atoms with Crippen molar-refractivity contribution in [1.29, 1.82) is 0 Å². The summed E-state index contributed by atoms with van der Waals surface area (Å²) < 4.78 is 19.3. The third-order valence-electron chi connectivity index (χ3n) is 4.47. The lowest BCUT2D eigenvalue weighted by Crippen LogP contribution is -2.46. The van der Waals surface area contributed by atoms with Crippen LogP contribution in [0.15, 0.2) is 18.2 Å². The smallest absolute Gasteiger partial charge is 0.142 e. The van der Waals surface area contributed by atoms with Crippen molar-refractivity contribution in [2.45, 2.75) is 57.1 Å². The van der Waals surface area contributed by atoms with Gasteiger partial charge in [0.15, 0.2) is 0 Å². The predicted octanol–water partition coefficient (Wildman–Crippen LogP) is 4.35. The highest BCUT2D eigenvalue weighted by molar-refractivity contribution is 6.30. The van der Waals surface area contributed by atoms with E-state index in [1.165, 1.54) is 6.42 Å². The first-order valence-electron chi connectivity index (χ1n) is 7.81. The molecule has 1 aliphatic carbocycles. The molecule has 0 radical (unpaired) electrons. The molecule has 0 heterocycles. The monoisotopic (exact) mass is 313 g/mol. The summed E-state index contributed by atoms with van der Waals surface area (Å²) in [5, 5.41) is 3.76. The summed E-state index contributed by atoms with van der Waals surface area (Å²) in [7, 11) is 1.80. The lowest BCUT2D eigenvalue weighted by atomic mass is 9.75. The zero-order valence-corrected chi connectivity index (χ0v) is 13.7. The summed E-state index contributed by atoms with van der Waals surface area (Å²) in [5.41, 5.74) is 1.01. The fourth-order valence-electron chi connectivity index (χ4n) is 3.03. The van der Waals surface area contributed by atoms with Crippen molar-refractivity contribution in [1.82, 2.24) is 5.32 Å². The summed E-state index contributed by atoms with van der Waals surface area (Å²) in [4.78, 5) is 0. The number of hydrogen-bond donors (Lipinski definition) is 1. The third-order valence-corrected chi connectivity index (χ3v) is 4.77. The Kier molecular flexibility index (Phi) is 6.03. The van der Waals surface area contributed by atoms with Gasteiger partial charge in [-0.15, -0.1) is 0 Å². The molecule has 0 spiro atoms. The summed E-state index contributed by atoms with van der Waals surface area (Å²) in [5.74, 6) is -0.339. The van der Waals surface area contributed by atoms with E-state index in [0.29, 0.717) is 6.04 Å². The van der Waals surface area contributed by atoms with Gasteiger partial charge >= 0.3 is 0 Å². The molecule has 21 heavy (non-hydrogen) atoms. The summed E-state index contributed by atoms with van der Waals surface area (Å²) in [6.07, 6.45) is 6.37. The number of benzene rings is 1. The molecule has 118 valence electrons. The average molecular weight is 314 g/mol. The summed E-state index contributed by atoms with van der Waals surface area (Å²) in [6, 6.07) is 5.40. The highest BCUT2D eigenvalue weighted by atomic mass is 35.5. The first-order chi connectivity index (χ1) is 10.1. The number of rotatable bonds is 8. The topological polar surface area (TPSA) is 21.3 Å². The molecule has 0 aromatic heterocycles. The molecule has 1 aromatic carbocycles. The van der Waals surface area contributed by atoms with Gasteiger partial charge in [-0.25, -0.2) is 4.39 Å². The fraction of sp³-hybridized carbons (Fsp3) is 0.647. The maximum absolute atomic E-state index is 13.6. The Morgan fingerprint density at radius 2 is 2.19 bits per heavy atom. The van der Waals surface area contributed by atoms with Gasteiger partial charge in [0.25, 0.3) is 0 Å². The second-order valence-corrected chi connectivity index (χ2v) is 6.46. The zero-order chi connectivity index (χ0) is 15.3. The average Bonchev–Trinajstić information content (AvgIpc) is 2.44. The molecule has 1 unspecified atom stereocenters. The Hall–Kier alpha value is -0.640. The number of methoxy groups -OCH3 is 1. The molecule has 0 amide bonds. The van der Waals surface area contributed by atoms with Crippen LogP contribution in [0.4, 0.5) is 4.39 Å². The van der Waals surface area contributed by atoms with Gasteiger partial charge in [-0.1, -0.05) is 24.6 Å². The van der Waals surface area contributed by atoms with Gasteiger partial charge in [-0.2, -0.15) is 0 Å². The lowest BCUT2D eigenvalue weighted by Gasteiger charge is -2.43. The van der Waals surface area contributed by atoms with E-state index in [0.717, 1.165) is 44.2 Å². The number of halogens is 2. The quantitative estimate of drug-likeness (QED) is 0.770. The van der Waals surface area contributed by atoms with Crippen LogP contribution in [-0.2, 0) is 11.2 Å². The number of ether oxygens (including phenoxy) is 1. The van der Waals surface area contributed by atoms with E-state index >= 15 is 0 Å². The molecule has 0 bridgehead atoms. The Balaban J connectivity index is 2.02. The van der Waals surface area contributed by atoms with Gasteiger partial charge < -0.3 is 10.1 Å². The van der Waals surface area contributed by atoms with Crippen LogP contribution < -0.4 is 5.32 Å². The normalized spacial score (nSPS) is 18.3. The molecule has 1 N–H and O–H groups in total. The Morgan fingerprint density at radius 3 is 2.71 bits per heavy atom. The first-order valence-corrected chi connectivity index (χ1v) is 8.19. The van der Waals surface area contributed by atoms with Crippen molar-refractivity contribution in [3.8, 4) is 0 Å². The second-order valence-electron chi connectivity index (χ2n) is 6.05. The zero-order valence-electron chi connectivity index (χ0n) is 12.9. The molecule has 2 rings (SSSR count). The summed E-state index contributed by atoms with van der Waals surface area (Å²) in [6.45, 7) is 3.13. The van der Waals surface area contributed by atoms with Crippen LogP contribution in [0.25, 0.3) is 0 Å². The molecule has 0 saturated heterocycles. The van der Waals surface area contributed by atoms with Crippen molar-refractivity contribution < 1.29 is 9.13 Å². The highest BCUT2D eigenvalue weighted by Crippen LogP contribution is 2.39. The van der Waals surface area contributed by atoms with Crippen LogP contribution in [-0.4, -0.2) is 25.3 Å². The molecular formula is C17H25ClFNO. The molecule has 1 fully saturated rings. The third kappa shape index (κ3) is 4.41. The van der Waals surface area contributed by atoms with Gasteiger partial charge in [0, 0.05) is 13.2 Å². The van der Waals surface area contributed by atoms with Gasteiger partial charge in [0.05, 0.1) is 10.6 Å².